The summed E-state index contributed by atoms with van der Waals surface area (Å²) in [6.45, 7) is 2.65. The van der Waals surface area contributed by atoms with Crippen molar-refractivity contribution in [3.05, 3.63) is 34.2 Å². The number of anilines is 1. The number of hydrogen-bond acceptors (Lipinski definition) is 6. The van der Waals surface area contributed by atoms with Crippen molar-refractivity contribution in [3.63, 3.8) is 0 Å². The fraction of sp³-hybridized carbons (Fsp3) is 0.286. The van der Waals surface area contributed by atoms with Gasteiger partial charge in [-0.15, -0.1) is 13.2 Å². The molecule has 1 aliphatic rings. The van der Waals surface area contributed by atoms with E-state index in [1.807, 2.05) is 0 Å². The molecule has 2 rings (SSSR count). The zero-order chi connectivity index (χ0) is 19.0. The molecule has 0 saturated carbocycles. The number of nitrogens with one attached hydrogen (secondary N) is 1. The Morgan fingerprint density at radius 1 is 1.20 bits per heavy atom. The van der Waals surface area contributed by atoms with Crippen molar-refractivity contribution in [1.29, 1.82) is 0 Å². The smallest absolute Gasteiger partial charge is 0.419 e. The van der Waals surface area contributed by atoms with Gasteiger partial charge in [0.1, 0.15) is 0 Å². The Labute approximate surface area is 146 Å². The summed E-state index contributed by atoms with van der Waals surface area (Å²) in [6, 6.07) is 1.86. The lowest BCUT2D eigenvalue weighted by Crippen LogP contribution is -2.42. The molecule has 1 fully saturated rings. The number of rotatable bonds is 3. The van der Waals surface area contributed by atoms with Crippen LogP contribution in [0.2, 0.25) is 0 Å². The van der Waals surface area contributed by atoms with Crippen LogP contribution in [0, 0.1) is 5.82 Å². The molecule has 0 spiro atoms. The zero-order valence-electron chi connectivity index (χ0n) is 12.7. The van der Waals surface area contributed by atoms with Crippen LogP contribution in [0.25, 0.3) is 0 Å². The first-order valence-corrected chi connectivity index (χ1v) is 7.36. The van der Waals surface area contributed by atoms with Gasteiger partial charge in [0, 0.05) is 24.5 Å². The van der Waals surface area contributed by atoms with Crippen LogP contribution in [0.1, 0.15) is 13.8 Å². The van der Waals surface area contributed by atoms with Gasteiger partial charge in [-0.05, 0) is 28.1 Å². The first-order valence-electron chi connectivity index (χ1n) is 6.57. The van der Waals surface area contributed by atoms with Gasteiger partial charge in [0.05, 0.1) is 5.69 Å². The van der Waals surface area contributed by atoms with Crippen molar-refractivity contribution < 1.29 is 41.4 Å². The normalized spacial score (nSPS) is 16.8. The molecule has 1 heterocycles. The van der Waals surface area contributed by atoms with Crippen molar-refractivity contribution in [2.45, 2.75) is 26.0 Å². The molecule has 0 atom stereocenters. The van der Waals surface area contributed by atoms with Gasteiger partial charge in [0.25, 0.3) is 5.79 Å². The van der Waals surface area contributed by atoms with Crippen LogP contribution in [0.3, 0.4) is 0 Å². The first-order chi connectivity index (χ1) is 11.4. The lowest BCUT2D eigenvalue weighted by molar-refractivity contribution is -0.275. The Hall–Kier alpha value is -2.30. The predicted octanol–water partition coefficient (Wildman–Crippen LogP) is 3.62. The maximum Gasteiger partial charge on any atom is 0.573 e. The summed E-state index contributed by atoms with van der Waals surface area (Å²) >= 11 is 2.92. The van der Waals surface area contributed by atoms with Crippen LogP contribution in [0.4, 0.5) is 23.2 Å². The molecule has 1 N–H and O–H groups in total. The fourth-order valence-electron chi connectivity index (χ4n) is 1.81. The van der Waals surface area contributed by atoms with Crippen molar-refractivity contribution in [1.82, 2.24) is 0 Å². The van der Waals surface area contributed by atoms with Crippen molar-refractivity contribution in [2.24, 2.45) is 0 Å². The third-order valence-electron chi connectivity index (χ3n) is 2.75. The third kappa shape index (κ3) is 4.62. The summed E-state index contributed by atoms with van der Waals surface area (Å²) in [7, 11) is 0. The first kappa shape index (κ1) is 19.0. The van der Waals surface area contributed by atoms with Gasteiger partial charge in [-0.25, -0.2) is 14.0 Å². The number of cyclic esters (lactones) is 2. The van der Waals surface area contributed by atoms with Crippen LogP contribution in [0.15, 0.2) is 28.4 Å². The van der Waals surface area contributed by atoms with E-state index in [1.165, 1.54) is 13.8 Å². The summed E-state index contributed by atoms with van der Waals surface area (Å²) in [6.07, 6.45) is -4.42. The lowest BCUT2D eigenvalue weighted by atomic mass is 10.2. The Kier molecular flexibility index (Phi) is 4.98. The van der Waals surface area contributed by atoms with Gasteiger partial charge in [0.15, 0.2) is 17.1 Å². The van der Waals surface area contributed by atoms with E-state index in [4.69, 9.17) is 9.47 Å². The third-order valence-corrected chi connectivity index (χ3v) is 3.42. The summed E-state index contributed by atoms with van der Waals surface area (Å²) in [4.78, 5) is 23.6. The highest BCUT2D eigenvalue weighted by atomic mass is 79.9. The second-order valence-electron chi connectivity index (χ2n) is 5.16. The van der Waals surface area contributed by atoms with Crippen LogP contribution < -0.4 is 10.1 Å². The Bertz CT molecular complexity index is 738. The predicted molar refractivity (Wildman–Crippen MR) is 78.8 cm³/mol. The summed E-state index contributed by atoms with van der Waals surface area (Å²) in [5, 5.41) is 2.23. The minimum atomic E-state index is -5.15. The number of esters is 2. The molecular formula is C14H10BrF4NO5. The summed E-state index contributed by atoms with van der Waals surface area (Å²) in [5.74, 6) is -6.07. The maximum absolute atomic E-state index is 13.7. The average molecular weight is 428 g/mol. The monoisotopic (exact) mass is 427 g/mol. The largest absolute Gasteiger partial charge is 0.573 e. The number of carbonyl (C=O) groups is 2. The number of benzene rings is 1. The van der Waals surface area contributed by atoms with Gasteiger partial charge < -0.3 is 19.5 Å². The molecule has 0 aromatic heterocycles. The van der Waals surface area contributed by atoms with E-state index >= 15 is 0 Å². The SMILES string of the molecule is CC1(C)OC(=O)C(=CNc2c(Br)ccc(F)c2OC(F)(F)F)C(=O)O1. The van der Waals surface area contributed by atoms with Crippen LogP contribution in [-0.2, 0) is 19.1 Å². The molecule has 1 saturated heterocycles. The second kappa shape index (κ2) is 6.54. The molecule has 25 heavy (non-hydrogen) atoms. The topological polar surface area (TPSA) is 73.9 Å². The standard InChI is InChI=1S/C14H10BrF4NO5/c1-13(2)24-11(21)6(12(22)25-13)5-20-9-7(15)3-4-8(16)10(9)23-14(17,18)19/h3-5,20H,1-2H3. The van der Waals surface area contributed by atoms with Crippen LogP contribution in [0.5, 0.6) is 5.75 Å². The molecule has 0 aliphatic carbocycles. The molecule has 1 aromatic carbocycles. The minimum absolute atomic E-state index is 0.0112. The zero-order valence-corrected chi connectivity index (χ0v) is 14.2. The number of alkyl halides is 3. The molecule has 0 amide bonds. The molecule has 0 radical (unpaired) electrons. The van der Waals surface area contributed by atoms with Crippen molar-refractivity contribution in [3.8, 4) is 5.75 Å². The summed E-state index contributed by atoms with van der Waals surface area (Å²) in [5.41, 5.74) is -1.11. The van der Waals surface area contributed by atoms with E-state index < -0.39 is 46.9 Å². The number of halogens is 5. The van der Waals surface area contributed by atoms with E-state index in [-0.39, 0.29) is 4.47 Å². The lowest BCUT2D eigenvalue weighted by Gasteiger charge is -2.29. The number of carbonyl (C=O) groups excluding carboxylic acids is 2. The van der Waals surface area contributed by atoms with E-state index in [2.05, 4.69) is 26.0 Å². The average Bonchev–Trinajstić information content (AvgIpc) is 2.42. The van der Waals surface area contributed by atoms with Gasteiger partial charge in [0.2, 0.25) is 0 Å². The number of ether oxygens (including phenoxy) is 3. The molecule has 0 unspecified atom stereocenters. The quantitative estimate of drug-likeness (QED) is 0.343. The van der Waals surface area contributed by atoms with Gasteiger partial charge in [-0.2, -0.15) is 0 Å². The Morgan fingerprint density at radius 2 is 1.76 bits per heavy atom. The molecule has 6 nitrogen and oxygen atoms in total. The molecule has 11 heteroatoms. The van der Waals surface area contributed by atoms with Gasteiger partial charge in [-0.3, -0.25) is 0 Å². The van der Waals surface area contributed by atoms with Crippen LogP contribution in [-0.4, -0.2) is 24.1 Å². The highest BCUT2D eigenvalue weighted by molar-refractivity contribution is 9.10. The maximum atomic E-state index is 13.7. The fourth-order valence-corrected chi connectivity index (χ4v) is 2.23. The van der Waals surface area contributed by atoms with E-state index in [0.29, 0.717) is 0 Å². The van der Waals surface area contributed by atoms with Crippen molar-refractivity contribution >= 4 is 33.6 Å². The van der Waals surface area contributed by atoms with Gasteiger partial charge >= 0.3 is 18.3 Å². The molecule has 1 aliphatic heterocycles. The second-order valence-corrected chi connectivity index (χ2v) is 6.02. The highest BCUT2D eigenvalue weighted by Crippen LogP contribution is 2.38. The van der Waals surface area contributed by atoms with E-state index in [1.54, 1.807) is 0 Å². The highest BCUT2D eigenvalue weighted by Gasteiger charge is 2.39. The molecule has 136 valence electrons. The molecular weight excluding hydrogens is 418 g/mol. The Morgan fingerprint density at radius 3 is 2.28 bits per heavy atom. The Balaban J connectivity index is 2.36. The number of hydrogen-bond donors (Lipinski definition) is 1. The molecule has 0 bridgehead atoms. The summed E-state index contributed by atoms with van der Waals surface area (Å²) < 4.78 is 64.3. The molecule has 1 aromatic rings. The van der Waals surface area contributed by atoms with E-state index in [0.717, 1.165) is 18.3 Å². The van der Waals surface area contributed by atoms with Gasteiger partial charge in [-0.1, -0.05) is 0 Å². The van der Waals surface area contributed by atoms with E-state index in [9.17, 15) is 27.2 Å². The van der Waals surface area contributed by atoms with Crippen molar-refractivity contribution in [2.75, 3.05) is 5.32 Å². The minimum Gasteiger partial charge on any atom is -0.419 e. The van der Waals surface area contributed by atoms with Crippen LogP contribution >= 0.6 is 15.9 Å².